The number of aryl methyl sites for hydroxylation is 1. The quantitative estimate of drug-likeness (QED) is 0.714. The van der Waals surface area contributed by atoms with Crippen LogP contribution in [-0.2, 0) is 11.0 Å². The Morgan fingerprint density at radius 3 is 2.65 bits per heavy atom. The molecule has 2 unspecified atom stereocenters. The fourth-order valence-corrected chi connectivity index (χ4v) is 3.76. The molecule has 1 aliphatic heterocycles. The van der Waals surface area contributed by atoms with Crippen LogP contribution in [0.2, 0.25) is 5.02 Å². The molecule has 164 valence electrons. The normalized spacial score (nSPS) is 18.7. The summed E-state index contributed by atoms with van der Waals surface area (Å²) in [7, 11) is 1.42. The third-order valence-electron chi connectivity index (χ3n) is 5.14. The van der Waals surface area contributed by atoms with Gasteiger partial charge < -0.3 is 15.5 Å². The van der Waals surface area contributed by atoms with Gasteiger partial charge in [0.1, 0.15) is 29.3 Å². The molecular formula is C20H18ClF4N5O. The molecule has 1 aromatic carbocycles. The molecule has 1 fully saturated rings. The molecule has 6 nitrogen and oxygen atoms in total. The Balaban J connectivity index is 2.05. The van der Waals surface area contributed by atoms with Gasteiger partial charge in [0, 0.05) is 31.0 Å². The van der Waals surface area contributed by atoms with Gasteiger partial charge in [-0.3, -0.25) is 4.79 Å². The predicted octanol–water partition coefficient (Wildman–Crippen LogP) is 3.64. The number of anilines is 2. The SMILES string of the molecule is Cc1cc(C(F)(F)F)c(C#N)c(N2CCC(N)C2C(=O)N(C)c2ccc(F)c(Cl)c2)n1. The fraction of sp³-hybridized carbons (Fsp3) is 0.350. The molecule has 2 aromatic rings. The molecular weight excluding hydrogens is 438 g/mol. The summed E-state index contributed by atoms with van der Waals surface area (Å²) in [5.41, 5.74) is 4.66. The first-order chi connectivity index (χ1) is 14.5. The number of likely N-dealkylation sites (N-methyl/N-ethyl adjacent to an activating group) is 1. The highest BCUT2D eigenvalue weighted by atomic mass is 35.5. The third-order valence-corrected chi connectivity index (χ3v) is 5.43. The lowest BCUT2D eigenvalue weighted by Crippen LogP contribution is -2.52. The Kier molecular flexibility index (Phi) is 6.11. The number of hydrogen-bond acceptors (Lipinski definition) is 5. The number of nitrogens with two attached hydrogens (primary N) is 1. The molecule has 3 rings (SSSR count). The minimum absolute atomic E-state index is 0.0478. The number of carbonyl (C=O) groups excluding carboxylic acids is 1. The second-order valence-electron chi connectivity index (χ2n) is 7.21. The first-order valence-electron chi connectivity index (χ1n) is 9.19. The van der Waals surface area contributed by atoms with Gasteiger partial charge in [0.15, 0.2) is 0 Å². The summed E-state index contributed by atoms with van der Waals surface area (Å²) in [5, 5.41) is 9.27. The van der Waals surface area contributed by atoms with Crippen molar-refractivity contribution in [1.82, 2.24) is 4.98 Å². The van der Waals surface area contributed by atoms with Crippen molar-refractivity contribution in [1.29, 1.82) is 5.26 Å². The molecule has 31 heavy (non-hydrogen) atoms. The highest BCUT2D eigenvalue weighted by Crippen LogP contribution is 2.38. The number of benzene rings is 1. The van der Waals surface area contributed by atoms with Crippen molar-refractivity contribution in [2.75, 3.05) is 23.4 Å². The number of carbonyl (C=O) groups is 1. The minimum Gasteiger partial charge on any atom is -0.342 e. The number of amides is 1. The van der Waals surface area contributed by atoms with Crippen LogP contribution in [0.4, 0.5) is 29.1 Å². The fourth-order valence-electron chi connectivity index (χ4n) is 3.59. The predicted molar refractivity (Wildman–Crippen MR) is 107 cm³/mol. The van der Waals surface area contributed by atoms with Gasteiger partial charge in [-0.05, 0) is 37.6 Å². The zero-order valence-corrected chi connectivity index (χ0v) is 17.3. The number of aromatic nitrogens is 1. The van der Waals surface area contributed by atoms with Gasteiger partial charge >= 0.3 is 6.18 Å². The number of halogens is 5. The molecule has 0 bridgehead atoms. The summed E-state index contributed by atoms with van der Waals surface area (Å²) in [6.45, 7) is 1.51. The summed E-state index contributed by atoms with van der Waals surface area (Å²) in [6.07, 6.45) is -4.47. The highest BCUT2D eigenvalue weighted by Gasteiger charge is 2.43. The van der Waals surface area contributed by atoms with Gasteiger partial charge in [-0.25, -0.2) is 9.37 Å². The summed E-state index contributed by atoms with van der Waals surface area (Å²) < 4.78 is 54.0. The number of nitrogens with zero attached hydrogens (tertiary/aromatic N) is 4. The molecule has 0 aliphatic carbocycles. The largest absolute Gasteiger partial charge is 0.417 e. The summed E-state index contributed by atoms with van der Waals surface area (Å²) in [4.78, 5) is 19.9. The van der Waals surface area contributed by atoms with E-state index in [1.54, 1.807) is 6.07 Å². The highest BCUT2D eigenvalue weighted by molar-refractivity contribution is 6.31. The molecule has 1 saturated heterocycles. The Bertz CT molecular complexity index is 1070. The molecule has 2 atom stereocenters. The maximum absolute atomic E-state index is 13.5. The van der Waals surface area contributed by atoms with Crippen LogP contribution in [0.15, 0.2) is 24.3 Å². The van der Waals surface area contributed by atoms with Crippen LogP contribution in [0.1, 0.15) is 23.2 Å². The van der Waals surface area contributed by atoms with Gasteiger partial charge in [-0.1, -0.05) is 11.6 Å². The van der Waals surface area contributed by atoms with Crippen LogP contribution in [0.3, 0.4) is 0 Å². The topological polar surface area (TPSA) is 86.2 Å². The summed E-state index contributed by atoms with van der Waals surface area (Å²) in [6, 6.07) is 4.28. The Hall–Kier alpha value is -2.90. The Labute approximate surface area is 180 Å². The smallest absolute Gasteiger partial charge is 0.342 e. The average molecular weight is 456 g/mol. The van der Waals surface area contributed by atoms with Crippen molar-refractivity contribution in [3.05, 3.63) is 51.9 Å². The van der Waals surface area contributed by atoms with E-state index < -0.39 is 41.1 Å². The van der Waals surface area contributed by atoms with Crippen molar-refractivity contribution in [3.8, 4) is 6.07 Å². The lowest BCUT2D eigenvalue weighted by atomic mass is 10.1. The number of nitriles is 1. The van der Waals surface area contributed by atoms with Crippen molar-refractivity contribution in [3.63, 3.8) is 0 Å². The van der Waals surface area contributed by atoms with Crippen molar-refractivity contribution in [2.24, 2.45) is 5.73 Å². The van der Waals surface area contributed by atoms with E-state index in [2.05, 4.69) is 4.98 Å². The second-order valence-corrected chi connectivity index (χ2v) is 7.61. The van der Waals surface area contributed by atoms with Gasteiger partial charge in [0.2, 0.25) is 0 Å². The standard InChI is InChI=1S/C20H18ClF4N5O/c1-10-7-13(20(23,24)25)12(9-26)18(28-10)30-6-5-16(27)17(30)19(31)29(2)11-3-4-15(22)14(21)8-11/h3-4,7-8,16-17H,5-6,27H2,1-2H3. The van der Waals surface area contributed by atoms with Crippen molar-refractivity contribution >= 4 is 29.0 Å². The second kappa shape index (κ2) is 8.32. The van der Waals surface area contributed by atoms with E-state index >= 15 is 0 Å². The van der Waals surface area contributed by atoms with E-state index in [1.165, 1.54) is 35.9 Å². The molecule has 2 heterocycles. The monoisotopic (exact) mass is 455 g/mol. The Morgan fingerprint density at radius 2 is 2.06 bits per heavy atom. The first kappa shape index (κ1) is 22.8. The Morgan fingerprint density at radius 1 is 1.39 bits per heavy atom. The molecule has 2 N–H and O–H groups in total. The molecule has 1 aliphatic rings. The molecule has 11 heteroatoms. The maximum atomic E-state index is 13.5. The zero-order valence-electron chi connectivity index (χ0n) is 16.5. The zero-order chi connectivity index (χ0) is 23.1. The lowest BCUT2D eigenvalue weighted by molar-refractivity contribution is -0.137. The first-order valence-corrected chi connectivity index (χ1v) is 9.57. The van der Waals surface area contributed by atoms with E-state index in [4.69, 9.17) is 17.3 Å². The van der Waals surface area contributed by atoms with Crippen LogP contribution in [0.25, 0.3) is 0 Å². The van der Waals surface area contributed by atoms with Crippen LogP contribution >= 0.6 is 11.6 Å². The van der Waals surface area contributed by atoms with Gasteiger partial charge in [0.25, 0.3) is 5.91 Å². The van der Waals surface area contributed by atoms with Gasteiger partial charge in [-0.15, -0.1) is 0 Å². The molecule has 0 radical (unpaired) electrons. The van der Waals surface area contributed by atoms with Crippen LogP contribution in [0, 0.1) is 24.1 Å². The van der Waals surface area contributed by atoms with Crippen LogP contribution < -0.4 is 15.5 Å². The van der Waals surface area contributed by atoms with Gasteiger partial charge in [0.05, 0.1) is 10.6 Å². The minimum atomic E-state index is -4.77. The number of hydrogen-bond donors (Lipinski definition) is 1. The maximum Gasteiger partial charge on any atom is 0.417 e. The molecule has 0 saturated carbocycles. The van der Waals surface area contributed by atoms with E-state index in [9.17, 15) is 27.6 Å². The van der Waals surface area contributed by atoms with E-state index in [-0.39, 0.29) is 28.8 Å². The number of pyridine rings is 1. The molecule has 1 aromatic heterocycles. The third kappa shape index (κ3) is 4.29. The summed E-state index contributed by atoms with van der Waals surface area (Å²) >= 11 is 5.79. The average Bonchev–Trinajstić information content (AvgIpc) is 3.08. The van der Waals surface area contributed by atoms with Crippen molar-refractivity contribution in [2.45, 2.75) is 31.6 Å². The van der Waals surface area contributed by atoms with E-state index in [0.29, 0.717) is 6.42 Å². The van der Waals surface area contributed by atoms with Crippen molar-refractivity contribution < 1.29 is 22.4 Å². The number of rotatable bonds is 3. The summed E-state index contributed by atoms with van der Waals surface area (Å²) in [5.74, 6) is -1.45. The lowest BCUT2D eigenvalue weighted by Gasteiger charge is -2.31. The molecule has 0 spiro atoms. The van der Waals surface area contributed by atoms with Crippen LogP contribution in [-0.4, -0.2) is 36.6 Å². The molecule has 1 amide bonds. The number of alkyl halides is 3. The van der Waals surface area contributed by atoms with E-state index in [1.807, 2.05) is 0 Å². The van der Waals surface area contributed by atoms with Gasteiger partial charge in [-0.2, -0.15) is 18.4 Å². The van der Waals surface area contributed by atoms with Crippen LogP contribution in [0.5, 0.6) is 0 Å². The van der Waals surface area contributed by atoms with E-state index in [0.717, 1.165) is 12.1 Å².